The molecule has 0 unspecified atom stereocenters. The molecule has 0 aliphatic rings. The molecule has 9 aromatic carbocycles. The zero-order chi connectivity index (χ0) is 38.2. The third kappa shape index (κ3) is 5.34. The summed E-state index contributed by atoms with van der Waals surface area (Å²) in [4.78, 5) is 2.36. The SMILES string of the molecule is c1ccc(-c2cccc3c2oc2ccc(-c4ccc(N(c5ccc(-c6ccc7c(c6)oc6ccccc67)cc5)c5ccc6sc7ccccc7c6c5)cc4)cc23)cc1. The van der Waals surface area contributed by atoms with E-state index in [0.29, 0.717) is 0 Å². The van der Waals surface area contributed by atoms with Gasteiger partial charge >= 0.3 is 0 Å². The van der Waals surface area contributed by atoms with Gasteiger partial charge in [0.2, 0.25) is 0 Å². The largest absolute Gasteiger partial charge is 0.456 e. The Hall–Kier alpha value is -7.40. The van der Waals surface area contributed by atoms with Gasteiger partial charge in [0.05, 0.1) is 0 Å². The molecule has 0 radical (unpaired) electrons. The van der Waals surface area contributed by atoms with Crippen LogP contribution in [0.5, 0.6) is 0 Å². The Bertz CT molecular complexity index is 3500. The van der Waals surface area contributed by atoms with E-state index in [2.05, 4.69) is 187 Å². The number of fused-ring (bicyclic) bond motifs is 9. The zero-order valence-electron chi connectivity index (χ0n) is 31.2. The van der Waals surface area contributed by atoms with Crippen molar-refractivity contribution in [2.75, 3.05) is 4.90 Å². The van der Waals surface area contributed by atoms with E-state index in [1.807, 2.05) is 29.5 Å². The first kappa shape index (κ1) is 32.8. The number of hydrogen-bond acceptors (Lipinski definition) is 4. The van der Waals surface area contributed by atoms with E-state index in [9.17, 15) is 0 Å². The molecule has 3 nitrogen and oxygen atoms in total. The van der Waals surface area contributed by atoms with Crippen molar-refractivity contribution in [2.24, 2.45) is 0 Å². The molecule has 12 aromatic rings. The average Bonchev–Trinajstić information content (AvgIpc) is 3.98. The standard InChI is InChI=1S/C54H33NO2S/c1-2-9-36(10-3-1)42-13-8-14-46-47-31-37(22-29-50(47)57-54(42)46)34-17-23-39(24-18-34)55(41-27-30-53-48(33-41)45-12-5-7-16-52(45)58-53)40-25-19-35(20-26-40)38-21-28-44-43-11-4-6-15-49(43)56-51(44)32-38/h1-33H. The van der Waals surface area contributed by atoms with Crippen LogP contribution in [0.25, 0.3) is 97.4 Å². The number of hydrogen-bond donors (Lipinski definition) is 0. The van der Waals surface area contributed by atoms with Crippen LogP contribution in [0.3, 0.4) is 0 Å². The van der Waals surface area contributed by atoms with Crippen molar-refractivity contribution in [3.8, 4) is 33.4 Å². The highest BCUT2D eigenvalue weighted by molar-refractivity contribution is 7.25. The third-order valence-electron chi connectivity index (χ3n) is 11.5. The van der Waals surface area contributed by atoms with Crippen molar-refractivity contribution in [3.05, 3.63) is 200 Å². The van der Waals surface area contributed by atoms with Gasteiger partial charge in [0.15, 0.2) is 0 Å². The van der Waals surface area contributed by atoms with Gasteiger partial charge in [-0.3, -0.25) is 0 Å². The Balaban J connectivity index is 0.936. The van der Waals surface area contributed by atoms with Crippen LogP contribution in [0.15, 0.2) is 209 Å². The third-order valence-corrected chi connectivity index (χ3v) is 12.6. The van der Waals surface area contributed by atoms with Gasteiger partial charge in [0, 0.05) is 64.3 Å². The highest BCUT2D eigenvalue weighted by Gasteiger charge is 2.17. The number of anilines is 3. The Kier molecular flexibility index (Phi) is 7.40. The van der Waals surface area contributed by atoms with Gasteiger partial charge in [-0.25, -0.2) is 0 Å². The first-order valence-electron chi connectivity index (χ1n) is 19.6. The summed E-state index contributed by atoms with van der Waals surface area (Å²) in [6, 6.07) is 71.5. The number of furan rings is 2. The molecule has 3 heterocycles. The highest BCUT2D eigenvalue weighted by atomic mass is 32.1. The van der Waals surface area contributed by atoms with Crippen LogP contribution in [-0.2, 0) is 0 Å². The number of nitrogens with zero attached hydrogens (tertiary/aromatic N) is 1. The molecular formula is C54H33NO2S. The molecule has 12 rings (SSSR count). The van der Waals surface area contributed by atoms with Crippen LogP contribution in [0.4, 0.5) is 17.1 Å². The van der Waals surface area contributed by atoms with Gasteiger partial charge in [0.25, 0.3) is 0 Å². The number of para-hydroxylation sites is 2. The van der Waals surface area contributed by atoms with Crippen LogP contribution in [0, 0.1) is 0 Å². The summed E-state index contributed by atoms with van der Waals surface area (Å²) in [6.07, 6.45) is 0. The lowest BCUT2D eigenvalue weighted by Crippen LogP contribution is -2.09. The Morgan fingerprint density at radius 1 is 0.310 bits per heavy atom. The maximum absolute atomic E-state index is 6.49. The smallest absolute Gasteiger partial charge is 0.143 e. The molecule has 0 atom stereocenters. The summed E-state index contributed by atoms with van der Waals surface area (Å²) < 4.78 is 15.3. The first-order valence-corrected chi connectivity index (χ1v) is 20.4. The molecule has 0 aliphatic heterocycles. The second kappa shape index (κ2) is 13.1. The van der Waals surface area contributed by atoms with E-state index in [1.54, 1.807) is 0 Å². The molecule has 3 aromatic heterocycles. The van der Waals surface area contributed by atoms with E-state index in [0.717, 1.165) is 94.3 Å². The molecule has 4 heteroatoms. The fraction of sp³-hybridized carbons (Fsp3) is 0. The quantitative estimate of drug-likeness (QED) is 0.169. The number of rotatable bonds is 6. The Labute approximate surface area is 338 Å². The second-order valence-electron chi connectivity index (χ2n) is 14.9. The summed E-state index contributed by atoms with van der Waals surface area (Å²) in [6.45, 7) is 0. The Morgan fingerprint density at radius 3 is 1.72 bits per heavy atom. The van der Waals surface area contributed by atoms with Gasteiger partial charge in [-0.15, -0.1) is 11.3 Å². The predicted molar refractivity (Wildman–Crippen MR) is 245 cm³/mol. The van der Waals surface area contributed by atoms with Gasteiger partial charge in [-0.1, -0.05) is 121 Å². The molecule has 0 amide bonds. The Morgan fingerprint density at radius 2 is 0.914 bits per heavy atom. The lowest BCUT2D eigenvalue weighted by molar-refractivity contribution is 0.669. The maximum atomic E-state index is 6.49. The first-order chi connectivity index (χ1) is 28.7. The normalized spacial score (nSPS) is 11.8. The molecule has 58 heavy (non-hydrogen) atoms. The highest BCUT2D eigenvalue weighted by Crippen LogP contribution is 2.43. The number of thiophene rings is 1. The van der Waals surface area contributed by atoms with E-state index in [1.165, 1.54) is 20.2 Å². The van der Waals surface area contributed by atoms with Gasteiger partial charge in [0.1, 0.15) is 22.3 Å². The minimum Gasteiger partial charge on any atom is -0.456 e. The van der Waals surface area contributed by atoms with Crippen molar-refractivity contribution in [1.29, 1.82) is 0 Å². The molecule has 0 aliphatic carbocycles. The molecule has 0 saturated heterocycles. The van der Waals surface area contributed by atoms with Gasteiger partial charge in [-0.05, 0) is 107 Å². The van der Waals surface area contributed by atoms with Crippen molar-refractivity contribution < 1.29 is 8.83 Å². The van der Waals surface area contributed by atoms with Crippen molar-refractivity contribution in [3.63, 3.8) is 0 Å². The van der Waals surface area contributed by atoms with Crippen molar-refractivity contribution in [2.45, 2.75) is 0 Å². The molecule has 0 fully saturated rings. The summed E-state index contributed by atoms with van der Waals surface area (Å²) in [5, 5.41) is 7.08. The summed E-state index contributed by atoms with van der Waals surface area (Å²) in [7, 11) is 0. The maximum Gasteiger partial charge on any atom is 0.143 e. The molecular weight excluding hydrogens is 727 g/mol. The minimum atomic E-state index is 0.891. The lowest BCUT2D eigenvalue weighted by atomic mass is 10.00. The molecule has 0 saturated carbocycles. The van der Waals surface area contributed by atoms with Gasteiger partial charge < -0.3 is 13.7 Å². The van der Waals surface area contributed by atoms with Crippen molar-refractivity contribution in [1.82, 2.24) is 0 Å². The lowest BCUT2D eigenvalue weighted by Gasteiger charge is -2.26. The van der Waals surface area contributed by atoms with Crippen LogP contribution in [0.1, 0.15) is 0 Å². The van der Waals surface area contributed by atoms with E-state index < -0.39 is 0 Å². The van der Waals surface area contributed by atoms with E-state index in [-0.39, 0.29) is 0 Å². The van der Waals surface area contributed by atoms with Gasteiger partial charge in [-0.2, -0.15) is 0 Å². The van der Waals surface area contributed by atoms with Crippen molar-refractivity contribution >= 4 is 92.4 Å². The zero-order valence-corrected chi connectivity index (χ0v) is 32.0. The average molecular weight is 760 g/mol. The fourth-order valence-corrected chi connectivity index (χ4v) is 9.72. The summed E-state index contributed by atoms with van der Waals surface area (Å²) in [5.74, 6) is 0. The summed E-state index contributed by atoms with van der Waals surface area (Å²) >= 11 is 1.84. The molecule has 0 N–H and O–H groups in total. The van der Waals surface area contributed by atoms with Crippen LogP contribution >= 0.6 is 11.3 Å². The molecule has 272 valence electrons. The van der Waals surface area contributed by atoms with Crippen LogP contribution < -0.4 is 4.90 Å². The second-order valence-corrected chi connectivity index (χ2v) is 16.0. The molecule has 0 spiro atoms. The fourth-order valence-electron chi connectivity index (χ4n) is 8.63. The monoisotopic (exact) mass is 759 g/mol. The molecule has 0 bridgehead atoms. The van der Waals surface area contributed by atoms with E-state index >= 15 is 0 Å². The predicted octanol–water partition coefficient (Wildman–Crippen LogP) is 16.3. The van der Waals surface area contributed by atoms with E-state index in [4.69, 9.17) is 8.83 Å². The summed E-state index contributed by atoms with van der Waals surface area (Å²) in [5.41, 5.74) is 13.7. The minimum absolute atomic E-state index is 0.891. The number of benzene rings is 9. The van der Waals surface area contributed by atoms with Crippen LogP contribution in [0.2, 0.25) is 0 Å². The van der Waals surface area contributed by atoms with Crippen LogP contribution in [-0.4, -0.2) is 0 Å². The topological polar surface area (TPSA) is 29.5 Å².